The Kier molecular flexibility index (Phi) is 4.45. The Bertz CT molecular complexity index is 570. The summed E-state index contributed by atoms with van der Waals surface area (Å²) < 4.78 is 39.0. The highest BCUT2D eigenvalue weighted by Gasteiger charge is 2.11. The zero-order chi connectivity index (χ0) is 14.7. The van der Waals surface area contributed by atoms with Gasteiger partial charge in [0.1, 0.15) is 0 Å². The molecule has 0 bridgehead atoms. The van der Waals surface area contributed by atoms with Crippen LogP contribution in [-0.2, 0) is 6.54 Å². The highest BCUT2D eigenvalue weighted by Crippen LogP contribution is 2.16. The van der Waals surface area contributed by atoms with E-state index in [4.69, 9.17) is 0 Å². The lowest BCUT2D eigenvalue weighted by Gasteiger charge is -2.15. The summed E-state index contributed by atoms with van der Waals surface area (Å²) in [6.07, 6.45) is 0. The molecule has 0 spiro atoms. The van der Waals surface area contributed by atoms with Gasteiger partial charge >= 0.3 is 0 Å². The van der Waals surface area contributed by atoms with Crippen molar-refractivity contribution in [3.8, 4) is 0 Å². The van der Waals surface area contributed by atoms with Crippen LogP contribution in [0.4, 0.5) is 13.2 Å². The highest BCUT2D eigenvalue weighted by molar-refractivity contribution is 5.24. The standard InChI is InChI=1S/C16H16F3N/c1-10-3-5-13(6-4-10)11(2)20-9-12-7-14(17)16(19)15(18)8-12/h3-8,11,20H,9H2,1-2H3/t11-/m0/s1. The molecule has 0 unspecified atom stereocenters. The third-order valence-corrected chi connectivity index (χ3v) is 3.23. The van der Waals surface area contributed by atoms with Gasteiger partial charge in [0.2, 0.25) is 0 Å². The summed E-state index contributed by atoms with van der Waals surface area (Å²) in [6, 6.07) is 10.1. The summed E-state index contributed by atoms with van der Waals surface area (Å²) >= 11 is 0. The van der Waals surface area contributed by atoms with E-state index in [9.17, 15) is 13.2 Å². The van der Waals surface area contributed by atoms with Crippen LogP contribution in [-0.4, -0.2) is 0 Å². The lowest BCUT2D eigenvalue weighted by molar-refractivity contribution is 0.443. The smallest absolute Gasteiger partial charge is 0.194 e. The minimum Gasteiger partial charge on any atom is -0.306 e. The predicted molar refractivity (Wildman–Crippen MR) is 72.7 cm³/mol. The van der Waals surface area contributed by atoms with E-state index in [1.54, 1.807) is 0 Å². The maximum atomic E-state index is 13.1. The first kappa shape index (κ1) is 14.6. The molecule has 1 atom stereocenters. The molecule has 0 aromatic heterocycles. The second-order valence-electron chi connectivity index (χ2n) is 4.89. The second-order valence-corrected chi connectivity index (χ2v) is 4.89. The van der Waals surface area contributed by atoms with Crippen LogP contribution in [0, 0.1) is 24.4 Å². The molecule has 20 heavy (non-hydrogen) atoms. The van der Waals surface area contributed by atoms with Crippen molar-refractivity contribution >= 4 is 0 Å². The van der Waals surface area contributed by atoms with Gasteiger partial charge in [0, 0.05) is 12.6 Å². The molecular weight excluding hydrogens is 263 g/mol. The monoisotopic (exact) mass is 279 g/mol. The van der Waals surface area contributed by atoms with Crippen LogP contribution >= 0.6 is 0 Å². The molecule has 2 rings (SSSR count). The maximum absolute atomic E-state index is 13.1. The third kappa shape index (κ3) is 3.39. The van der Waals surface area contributed by atoms with Crippen molar-refractivity contribution in [2.45, 2.75) is 26.4 Å². The predicted octanol–water partition coefficient (Wildman–Crippen LogP) is 4.26. The van der Waals surface area contributed by atoms with E-state index in [1.165, 1.54) is 5.56 Å². The third-order valence-electron chi connectivity index (χ3n) is 3.23. The maximum Gasteiger partial charge on any atom is 0.194 e. The zero-order valence-corrected chi connectivity index (χ0v) is 11.4. The van der Waals surface area contributed by atoms with Crippen molar-refractivity contribution in [2.24, 2.45) is 0 Å². The van der Waals surface area contributed by atoms with Gasteiger partial charge in [-0.15, -0.1) is 0 Å². The molecule has 1 nitrogen and oxygen atoms in total. The van der Waals surface area contributed by atoms with E-state index < -0.39 is 17.5 Å². The minimum atomic E-state index is -1.43. The van der Waals surface area contributed by atoms with Crippen molar-refractivity contribution in [1.82, 2.24) is 5.32 Å². The second kappa shape index (κ2) is 6.09. The number of hydrogen-bond donors (Lipinski definition) is 1. The van der Waals surface area contributed by atoms with E-state index in [0.29, 0.717) is 5.56 Å². The molecule has 0 saturated heterocycles. The average molecular weight is 279 g/mol. The molecule has 4 heteroatoms. The van der Waals surface area contributed by atoms with Crippen LogP contribution in [0.15, 0.2) is 36.4 Å². The van der Waals surface area contributed by atoms with Crippen LogP contribution < -0.4 is 5.32 Å². The summed E-state index contributed by atoms with van der Waals surface area (Å²) in [6.45, 7) is 4.23. The summed E-state index contributed by atoms with van der Waals surface area (Å²) in [4.78, 5) is 0. The Labute approximate surface area is 116 Å². The fourth-order valence-electron chi connectivity index (χ4n) is 1.95. The fraction of sp³-hybridized carbons (Fsp3) is 0.250. The van der Waals surface area contributed by atoms with Gasteiger partial charge in [0.15, 0.2) is 17.5 Å². The summed E-state index contributed by atoms with van der Waals surface area (Å²) in [7, 11) is 0. The lowest BCUT2D eigenvalue weighted by atomic mass is 10.1. The highest BCUT2D eigenvalue weighted by atomic mass is 19.2. The van der Waals surface area contributed by atoms with E-state index in [1.807, 2.05) is 38.1 Å². The van der Waals surface area contributed by atoms with Gasteiger partial charge in [-0.3, -0.25) is 0 Å². The normalized spacial score (nSPS) is 12.4. The van der Waals surface area contributed by atoms with Gasteiger partial charge < -0.3 is 5.32 Å². The van der Waals surface area contributed by atoms with Gasteiger partial charge in [-0.1, -0.05) is 29.8 Å². The summed E-state index contributed by atoms with van der Waals surface area (Å²) in [5, 5.41) is 3.15. The number of benzene rings is 2. The molecule has 0 amide bonds. The van der Waals surface area contributed by atoms with Crippen molar-refractivity contribution in [3.63, 3.8) is 0 Å². The van der Waals surface area contributed by atoms with E-state index in [-0.39, 0.29) is 12.6 Å². The van der Waals surface area contributed by atoms with Crippen LogP contribution in [0.25, 0.3) is 0 Å². The summed E-state index contributed by atoms with van der Waals surface area (Å²) in [5.41, 5.74) is 2.63. The number of rotatable bonds is 4. The Morgan fingerprint density at radius 2 is 1.55 bits per heavy atom. The topological polar surface area (TPSA) is 12.0 Å². The first-order valence-electron chi connectivity index (χ1n) is 6.40. The van der Waals surface area contributed by atoms with Crippen molar-refractivity contribution in [2.75, 3.05) is 0 Å². The molecular formula is C16H16F3N. The molecule has 2 aromatic carbocycles. The Morgan fingerprint density at radius 3 is 2.10 bits per heavy atom. The van der Waals surface area contributed by atoms with Crippen LogP contribution in [0.2, 0.25) is 0 Å². The zero-order valence-electron chi connectivity index (χ0n) is 11.4. The van der Waals surface area contributed by atoms with Gasteiger partial charge in [-0.05, 0) is 37.1 Å². The Morgan fingerprint density at radius 1 is 1.00 bits per heavy atom. The molecule has 2 aromatic rings. The molecule has 0 saturated carbocycles. The first-order chi connectivity index (χ1) is 9.47. The quantitative estimate of drug-likeness (QED) is 0.824. The molecule has 106 valence electrons. The van der Waals surface area contributed by atoms with Crippen molar-refractivity contribution in [3.05, 3.63) is 70.5 Å². The Hall–Kier alpha value is -1.81. The fourth-order valence-corrected chi connectivity index (χ4v) is 1.95. The van der Waals surface area contributed by atoms with Crippen molar-refractivity contribution in [1.29, 1.82) is 0 Å². The SMILES string of the molecule is Cc1ccc([C@H](C)NCc2cc(F)c(F)c(F)c2)cc1. The number of aryl methyl sites for hydroxylation is 1. The molecule has 0 aliphatic rings. The minimum absolute atomic E-state index is 0.0341. The molecule has 0 aliphatic heterocycles. The largest absolute Gasteiger partial charge is 0.306 e. The van der Waals surface area contributed by atoms with Gasteiger partial charge in [-0.25, -0.2) is 13.2 Å². The number of halogens is 3. The number of nitrogens with one attached hydrogen (secondary N) is 1. The van der Waals surface area contributed by atoms with E-state index in [0.717, 1.165) is 17.7 Å². The molecule has 0 aliphatic carbocycles. The molecule has 0 radical (unpaired) electrons. The average Bonchev–Trinajstić information content (AvgIpc) is 2.42. The first-order valence-corrected chi connectivity index (χ1v) is 6.40. The van der Waals surface area contributed by atoms with Gasteiger partial charge in [-0.2, -0.15) is 0 Å². The van der Waals surface area contributed by atoms with Gasteiger partial charge in [0.25, 0.3) is 0 Å². The van der Waals surface area contributed by atoms with E-state index >= 15 is 0 Å². The molecule has 1 N–H and O–H groups in total. The van der Waals surface area contributed by atoms with E-state index in [2.05, 4.69) is 5.32 Å². The lowest BCUT2D eigenvalue weighted by Crippen LogP contribution is -2.18. The van der Waals surface area contributed by atoms with Crippen LogP contribution in [0.5, 0.6) is 0 Å². The summed E-state index contributed by atoms with van der Waals surface area (Å²) in [5.74, 6) is -3.75. The molecule has 0 fully saturated rings. The Balaban J connectivity index is 2.03. The molecule has 0 heterocycles. The van der Waals surface area contributed by atoms with Gasteiger partial charge in [0.05, 0.1) is 0 Å². The van der Waals surface area contributed by atoms with Crippen molar-refractivity contribution < 1.29 is 13.2 Å². The van der Waals surface area contributed by atoms with Crippen LogP contribution in [0.1, 0.15) is 29.7 Å². The number of hydrogen-bond acceptors (Lipinski definition) is 1. The van der Waals surface area contributed by atoms with Crippen LogP contribution in [0.3, 0.4) is 0 Å².